The lowest BCUT2D eigenvalue weighted by Crippen LogP contribution is -2.37. The number of nitrogens with zero attached hydrogens (tertiary/aromatic N) is 4. The summed E-state index contributed by atoms with van der Waals surface area (Å²) in [7, 11) is -3.66. The van der Waals surface area contributed by atoms with Gasteiger partial charge in [-0.2, -0.15) is 5.10 Å². The molecule has 10 heteroatoms. The molecule has 2 aromatic carbocycles. The summed E-state index contributed by atoms with van der Waals surface area (Å²) in [4.78, 5) is 21.8. The van der Waals surface area contributed by atoms with Gasteiger partial charge >= 0.3 is 0 Å². The summed E-state index contributed by atoms with van der Waals surface area (Å²) in [5, 5.41) is 7.13. The standard InChI is InChI=1S/C23H26N6O3S/c1-3-4-8-20(27-22-19-7-5-6-9-21(19)33(31,32)28-22)23(30)26-16(2)17-10-12-18(13-11-17)29-15-24-14-25-29/h5-7,9-16,20H,3-4,8H2,1-2H3,(H,26,30)(H,27,28). The summed E-state index contributed by atoms with van der Waals surface area (Å²) in [5.41, 5.74) is 2.29. The SMILES string of the molecule is CCCCC(N=C1NS(=O)(=O)c2ccccc21)C(=O)NC(C)c1ccc(-n2cncn2)cc1. The molecule has 1 aromatic heterocycles. The van der Waals surface area contributed by atoms with Crippen LogP contribution in [0.2, 0.25) is 0 Å². The van der Waals surface area contributed by atoms with Crippen LogP contribution in [-0.2, 0) is 14.8 Å². The van der Waals surface area contributed by atoms with Crippen LogP contribution in [0.3, 0.4) is 0 Å². The Morgan fingerprint density at radius 2 is 1.94 bits per heavy atom. The number of carbonyl (C=O) groups excluding carboxylic acids is 1. The fourth-order valence-electron chi connectivity index (χ4n) is 3.69. The van der Waals surface area contributed by atoms with Crippen LogP contribution in [0.4, 0.5) is 0 Å². The highest BCUT2D eigenvalue weighted by atomic mass is 32.2. The summed E-state index contributed by atoms with van der Waals surface area (Å²) in [6.07, 6.45) is 5.30. The molecule has 0 aliphatic carbocycles. The van der Waals surface area contributed by atoms with Crippen molar-refractivity contribution < 1.29 is 13.2 Å². The zero-order valence-corrected chi connectivity index (χ0v) is 19.3. The maximum atomic E-state index is 13.1. The third-order valence-corrected chi connectivity index (χ3v) is 6.91. The maximum Gasteiger partial charge on any atom is 0.263 e. The van der Waals surface area contributed by atoms with Gasteiger partial charge in [-0.25, -0.2) is 18.1 Å². The number of carbonyl (C=O) groups is 1. The van der Waals surface area contributed by atoms with E-state index in [0.29, 0.717) is 12.0 Å². The van der Waals surface area contributed by atoms with E-state index in [9.17, 15) is 13.2 Å². The summed E-state index contributed by atoms with van der Waals surface area (Å²) < 4.78 is 29.0. The number of aliphatic imine (C=N–C) groups is 1. The first-order chi connectivity index (χ1) is 15.9. The lowest BCUT2D eigenvalue weighted by atomic mass is 10.1. The molecule has 1 amide bonds. The van der Waals surface area contributed by atoms with Crippen molar-refractivity contribution in [2.24, 2.45) is 4.99 Å². The number of aromatic nitrogens is 3. The van der Waals surface area contributed by atoms with Gasteiger partial charge in [-0.3, -0.25) is 14.5 Å². The maximum absolute atomic E-state index is 13.1. The summed E-state index contributed by atoms with van der Waals surface area (Å²) >= 11 is 0. The van der Waals surface area contributed by atoms with Crippen LogP contribution in [0.25, 0.3) is 5.69 Å². The molecule has 2 N–H and O–H groups in total. The number of amides is 1. The molecule has 3 aromatic rings. The average Bonchev–Trinajstić information content (AvgIpc) is 3.43. The topological polar surface area (TPSA) is 118 Å². The molecule has 33 heavy (non-hydrogen) atoms. The zero-order chi connectivity index (χ0) is 23.4. The third-order valence-electron chi connectivity index (χ3n) is 5.52. The Bertz CT molecular complexity index is 1250. The van der Waals surface area contributed by atoms with Crippen molar-refractivity contribution in [2.75, 3.05) is 0 Å². The first kappa shape index (κ1) is 22.7. The van der Waals surface area contributed by atoms with E-state index in [1.54, 1.807) is 29.2 Å². The van der Waals surface area contributed by atoms with Crippen LogP contribution in [0.15, 0.2) is 71.1 Å². The lowest BCUT2D eigenvalue weighted by Gasteiger charge is -2.19. The smallest absolute Gasteiger partial charge is 0.263 e. The Hall–Kier alpha value is -3.53. The van der Waals surface area contributed by atoms with Gasteiger partial charge in [-0.15, -0.1) is 0 Å². The summed E-state index contributed by atoms with van der Waals surface area (Å²) in [6, 6.07) is 13.4. The molecular weight excluding hydrogens is 440 g/mol. The lowest BCUT2D eigenvalue weighted by molar-refractivity contribution is -0.123. The largest absolute Gasteiger partial charge is 0.348 e. The highest BCUT2D eigenvalue weighted by Crippen LogP contribution is 2.23. The molecule has 4 rings (SSSR count). The van der Waals surface area contributed by atoms with Crippen LogP contribution in [0.1, 0.15) is 50.3 Å². The van der Waals surface area contributed by atoms with Gasteiger partial charge in [-0.05, 0) is 43.2 Å². The third kappa shape index (κ3) is 4.95. The number of amidine groups is 1. The second-order valence-corrected chi connectivity index (χ2v) is 9.55. The minimum atomic E-state index is -3.66. The van der Waals surface area contributed by atoms with Crippen molar-refractivity contribution >= 4 is 21.8 Å². The van der Waals surface area contributed by atoms with Crippen LogP contribution in [0, 0.1) is 0 Å². The normalized spacial score (nSPS) is 17.2. The highest BCUT2D eigenvalue weighted by Gasteiger charge is 2.32. The van der Waals surface area contributed by atoms with E-state index in [2.05, 4.69) is 25.1 Å². The van der Waals surface area contributed by atoms with E-state index in [0.717, 1.165) is 24.1 Å². The van der Waals surface area contributed by atoms with E-state index < -0.39 is 16.1 Å². The van der Waals surface area contributed by atoms with E-state index in [1.807, 2.05) is 38.1 Å². The van der Waals surface area contributed by atoms with Crippen LogP contribution < -0.4 is 10.0 Å². The Labute approximate surface area is 193 Å². The van der Waals surface area contributed by atoms with Crippen molar-refractivity contribution in [3.8, 4) is 5.69 Å². The van der Waals surface area contributed by atoms with Crippen molar-refractivity contribution in [1.29, 1.82) is 0 Å². The molecule has 1 aliphatic heterocycles. The number of fused-ring (bicyclic) bond motifs is 1. The predicted octanol–water partition coefficient (Wildman–Crippen LogP) is 2.74. The van der Waals surface area contributed by atoms with Gasteiger partial charge in [0.05, 0.1) is 16.6 Å². The molecule has 0 saturated heterocycles. The molecule has 0 radical (unpaired) electrons. The fourth-order valence-corrected chi connectivity index (χ4v) is 4.93. The Balaban J connectivity index is 1.52. The van der Waals surface area contributed by atoms with Crippen LogP contribution >= 0.6 is 0 Å². The van der Waals surface area contributed by atoms with Crippen molar-refractivity contribution in [1.82, 2.24) is 24.8 Å². The summed E-state index contributed by atoms with van der Waals surface area (Å²) in [6.45, 7) is 3.94. The Morgan fingerprint density at radius 3 is 2.64 bits per heavy atom. The molecule has 0 bridgehead atoms. The molecule has 0 spiro atoms. The van der Waals surface area contributed by atoms with E-state index in [-0.39, 0.29) is 22.7 Å². The minimum Gasteiger partial charge on any atom is -0.348 e. The van der Waals surface area contributed by atoms with Gasteiger partial charge in [0.25, 0.3) is 10.0 Å². The second kappa shape index (κ2) is 9.53. The quantitative estimate of drug-likeness (QED) is 0.529. The average molecular weight is 467 g/mol. The van der Waals surface area contributed by atoms with Crippen LogP contribution in [-0.4, -0.2) is 41.0 Å². The van der Waals surface area contributed by atoms with Crippen molar-refractivity contribution in [3.63, 3.8) is 0 Å². The monoisotopic (exact) mass is 466 g/mol. The molecule has 0 saturated carbocycles. The fraction of sp³-hybridized carbons (Fsp3) is 0.304. The number of benzene rings is 2. The predicted molar refractivity (Wildman–Crippen MR) is 125 cm³/mol. The van der Waals surface area contributed by atoms with E-state index in [1.165, 1.54) is 12.4 Å². The number of hydrogen-bond donors (Lipinski definition) is 2. The molecule has 9 nitrogen and oxygen atoms in total. The number of unbranched alkanes of at least 4 members (excludes halogenated alkanes) is 1. The Kier molecular flexibility index (Phi) is 6.55. The number of hydrogen-bond acceptors (Lipinski definition) is 6. The minimum absolute atomic E-state index is 0.180. The number of nitrogens with one attached hydrogen (secondary N) is 2. The van der Waals surface area contributed by atoms with Crippen molar-refractivity contribution in [3.05, 3.63) is 72.3 Å². The first-order valence-corrected chi connectivity index (χ1v) is 12.3. The number of sulfonamides is 1. The van der Waals surface area contributed by atoms with Gasteiger partial charge in [-0.1, -0.05) is 44.0 Å². The molecule has 172 valence electrons. The molecular formula is C23H26N6O3S. The van der Waals surface area contributed by atoms with Gasteiger partial charge < -0.3 is 5.32 Å². The van der Waals surface area contributed by atoms with E-state index in [4.69, 9.17) is 0 Å². The summed E-state index contributed by atoms with van der Waals surface area (Å²) in [5.74, 6) is -0.0286. The van der Waals surface area contributed by atoms with E-state index >= 15 is 0 Å². The molecule has 2 heterocycles. The van der Waals surface area contributed by atoms with Crippen LogP contribution in [0.5, 0.6) is 0 Å². The Morgan fingerprint density at radius 1 is 1.18 bits per heavy atom. The van der Waals surface area contributed by atoms with Gasteiger partial charge in [0.2, 0.25) is 5.91 Å². The molecule has 2 atom stereocenters. The highest BCUT2D eigenvalue weighted by molar-refractivity contribution is 7.90. The molecule has 2 unspecified atom stereocenters. The second-order valence-electron chi connectivity index (χ2n) is 7.90. The van der Waals surface area contributed by atoms with Gasteiger partial charge in [0.1, 0.15) is 24.5 Å². The molecule has 1 aliphatic rings. The van der Waals surface area contributed by atoms with Gasteiger partial charge in [0, 0.05) is 5.56 Å². The molecule has 0 fully saturated rings. The zero-order valence-electron chi connectivity index (χ0n) is 18.5. The van der Waals surface area contributed by atoms with Crippen molar-refractivity contribution in [2.45, 2.75) is 50.1 Å². The first-order valence-electron chi connectivity index (χ1n) is 10.8. The number of rotatable bonds is 8. The van der Waals surface area contributed by atoms with Gasteiger partial charge in [0.15, 0.2) is 0 Å².